The predicted octanol–water partition coefficient (Wildman–Crippen LogP) is 1.00. The number of unbranched alkanes of at least 4 members (excludes halogenated alkanes) is 3. The zero-order chi connectivity index (χ0) is 32.7. The Kier molecular flexibility index (Phi) is 9.62. The minimum absolute atomic E-state index is 0.0270. The molecule has 0 saturated heterocycles. The molecule has 242 valence electrons. The molecule has 2 saturated carbocycles. The first-order valence-electron chi connectivity index (χ1n) is 15.0. The number of nitrogens with zero attached hydrogens (tertiary/aromatic N) is 2. The number of nitrogens with one attached hydrogen (secondary N) is 1. The zero-order valence-electron chi connectivity index (χ0n) is 25.9. The number of benzene rings is 1. The number of phenolic OH excluding ortho intramolecular Hbond substituents is 1. The average molecular weight is 617 g/mol. The first kappa shape index (κ1) is 33.2. The SMILES string of the molecule is CCCCCCOC(=O)NCc1cc(N(C)C)c2c(c1O)C(O)=C1C(=O)[C@@]3(O)C(=O)C(C(N)=O)C(O)[C@H](N(C)C)[C@H]3C[C@H]1C2. The van der Waals surface area contributed by atoms with Gasteiger partial charge >= 0.3 is 6.09 Å². The summed E-state index contributed by atoms with van der Waals surface area (Å²) >= 11 is 0. The Hall–Kier alpha value is -3.68. The molecule has 3 aliphatic rings. The molecule has 2 fully saturated rings. The molecule has 1 aromatic carbocycles. The number of likely N-dealkylation sites (N-methyl/N-ethyl adjacent to an activating group) is 1. The standard InChI is InChI=1S/C31H44N4O9/c1-6-7-8-9-10-44-30(42)33-14-16-13-19(34(2)3)17-11-15-12-18-23(35(4)5)26(38)22(29(32)41)28(40)31(18,43)27(39)20(15)25(37)21(17)24(16)36/h13,15,18,22-23,26,36-38,43H,6-12,14H2,1-5H3,(H2,32,41)(H,33,42)/t15-,18-,22?,23-,26?,31-/m1/s1. The first-order chi connectivity index (χ1) is 20.7. The summed E-state index contributed by atoms with van der Waals surface area (Å²) in [6.07, 6.45) is 1.75. The third-order valence-electron chi connectivity index (χ3n) is 9.28. The number of phenols is 1. The lowest BCUT2D eigenvalue weighted by atomic mass is 9.54. The summed E-state index contributed by atoms with van der Waals surface area (Å²) in [5, 5.41) is 48.4. The molecule has 0 heterocycles. The van der Waals surface area contributed by atoms with Crippen LogP contribution in [-0.2, 0) is 32.1 Å². The Morgan fingerprint density at radius 2 is 1.82 bits per heavy atom. The molecule has 7 N–H and O–H groups in total. The van der Waals surface area contributed by atoms with Crippen LogP contribution < -0.4 is 16.0 Å². The lowest BCUT2D eigenvalue weighted by molar-refractivity contribution is -0.184. The van der Waals surface area contributed by atoms with Crippen molar-refractivity contribution in [2.45, 2.75) is 69.7 Å². The summed E-state index contributed by atoms with van der Waals surface area (Å²) < 4.78 is 5.22. The van der Waals surface area contributed by atoms with Crippen molar-refractivity contribution in [1.82, 2.24) is 10.2 Å². The number of aliphatic hydroxyl groups excluding tert-OH is 2. The van der Waals surface area contributed by atoms with Crippen molar-refractivity contribution in [2.75, 3.05) is 39.7 Å². The Balaban J connectivity index is 1.74. The monoisotopic (exact) mass is 616 g/mol. The van der Waals surface area contributed by atoms with Crippen LogP contribution in [0.25, 0.3) is 5.76 Å². The lowest BCUT2D eigenvalue weighted by Crippen LogP contribution is -2.73. The van der Waals surface area contributed by atoms with Gasteiger partial charge in [0, 0.05) is 49.4 Å². The van der Waals surface area contributed by atoms with Gasteiger partial charge in [0.1, 0.15) is 17.4 Å². The maximum atomic E-state index is 14.1. The first-order valence-corrected chi connectivity index (χ1v) is 15.0. The molecule has 13 nitrogen and oxygen atoms in total. The second-order valence-corrected chi connectivity index (χ2v) is 12.5. The molecule has 0 spiro atoms. The number of primary amides is 1. The minimum atomic E-state index is -2.73. The van der Waals surface area contributed by atoms with Crippen LogP contribution in [0.15, 0.2) is 11.6 Å². The van der Waals surface area contributed by atoms with E-state index in [9.17, 15) is 39.6 Å². The number of aliphatic hydroxyl groups is 3. The molecular formula is C31H44N4O9. The summed E-state index contributed by atoms with van der Waals surface area (Å²) in [4.78, 5) is 55.4. The summed E-state index contributed by atoms with van der Waals surface area (Å²) in [6, 6.07) is 0.717. The van der Waals surface area contributed by atoms with Crippen molar-refractivity contribution in [3.8, 4) is 5.75 Å². The smallest absolute Gasteiger partial charge is 0.407 e. The Labute approximate surface area is 256 Å². The number of aromatic hydroxyl groups is 1. The fraction of sp³-hybridized carbons (Fsp3) is 0.613. The fourth-order valence-corrected chi connectivity index (χ4v) is 7.15. The van der Waals surface area contributed by atoms with Gasteiger partial charge < -0.3 is 46.0 Å². The highest BCUT2D eigenvalue weighted by Gasteiger charge is 2.67. The van der Waals surface area contributed by atoms with E-state index < -0.39 is 64.8 Å². The van der Waals surface area contributed by atoms with Crippen LogP contribution in [0.5, 0.6) is 5.75 Å². The number of rotatable bonds is 10. The van der Waals surface area contributed by atoms with Gasteiger partial charge in [0.05, 0.1) is 18.3 Å². The second-order valence-electron chi connectivity index (χ2n) is 12.5. The van der Waals surface area contributed by atoms with Crippen molar-refractivity contribution < 1.29 is 44.3 Å². The number of anilines is 1. The molecule has 4 rings (SSSR count). The molecule has 0 aliphatic heterocycles. The largest absolute Gasteiger partial charge is 0.507 e. The molecule has 2 unspecified atom stereocenters. The fourth-order valence-electron chi connectivity index (χ4n) is 7.15. The molecule has 0 radical (unpaired) electrons. The van der Waals surface area contributed by atoms with E-state index in [1.807, 2.05) is 0 Å². The number of amides is 2. The molecule has 6 atom stereocenters. The van der Waals surface area contributed by atoms with Gasteiger partial charge in [-0.3, -0.25) is 14.4 Å². The number of hydrogen-bond donors (Lipinski definition) is 6. The van der Waals surface area contributed by atoms with Gasteiger partial charge in [0.25, 0.3) is 0 Å². The van der Waals surface area contributed by atoms with Crippen molar-refractivity contribution in [3.05, 3.63) is 28.3 Å². The van der Waals surface area contributed by atoms with E-state index in [-0.39, 0.29) is 48.4 Å². The molecule has 3 aliphatic carbocycles. The molecule has 44 heavy (non-hydrogen) atoms. The predicted molar refractivity (Wildman–Crippen MR) is 161 cm³/mol. The van der Waals surface area contributed by atoms with Gasteiger partial charge in [-0.1, -0.05) is 26.2 Å². The van der Waals surface area contributed by atoms with Gasteiger partial charge in [0.15, 0.2) is 11.4 Å². The normalized spacial score (nSPS) is 27.9. The number of Topliss-reactive ketones (excluding diaryl/α,β-unsaturated/α-hetero) is 2. The van der Waals surface area contributed by atoms with E-state index in [0.29, 0.717) is 11.3 Å². The third kappa shape index (κ3) is 5.52. The van der Waals surface area contributed by atoms with Crippen molar-refractivity contribution in [2.24, 2.45) is 23.5 Å². The topological polar surface area (TPSA) is 203 Å². The van der Waals surface area contributed by atoms with Crippen molar-refractivity contribution in [1.29, 1.82) is 0 Å². The highest BCUT2D eigenvalue weighted by Crippen LogP contribution is 2.53. The Morgan fingerprint density at radius 3 is 2.41 bits per heavy atom. The van der Waals surface area contributed by atoms with Crippen LogP contribution in [-0.4, -0.2) is 101 Å². The quantitative estimate of drug-likeness (QED) is 0.162. The number of ether oxygens (including phenoxy) is 1. The summed E-state index contributed by atoms with van der Waals surface area (Å²) in [5.74, 6) is -8.03. The maximum absolute atomic E-state index is 14.1. The van der Waals surface area contributed by atoms with Crippen LogP contribution in [0.3, 0.4) is 0 Å². The van der Waals surface area contributed by atoms with Crippen LogP contribution in [0.2, 0.25) is 0 Å². The van der Waals surface area contributed by atoms with Crippen molar-refractivity contribution in [3.63, 3.8) is 0 Å². The number of nitrogens with two attached hydrogens (primary N) is 1. The Bertz CT molecular complexity index is 1370. The van der Waals surface area contributed by atoms with E-state index in [2.05, 4.69) is 12.2 Å². The number of hydrogen-bond acceptors (Lipinski definition) is 11. The van der Waals surface area contributed by atoms with Gasteiger partial charge in [-0.15, -0.1) is 0 Å². The summed E-state index contributed by atoms with van der Waals surface area (Å²) in [5.41, 5.74) is 3.84. The van der Waals surface area contributed by atoms with Crippen LogP contribution in [0.4, 0.5) is 10.5 Å². The van der Waals surface area contributed by atoms with Crippen LogP contribution >= 0.6 is 0 Å². The van der Waals surface area contributed by atoms with Crippen LogP contribution in [0.1, 0.15) is 55.7 Å². The van der Waals surface area contributed by atoms with E-state index in [1.165, 1.54) is 0 Å². The number of alkyl carbamates (subject to hydrolysis) is 1. The maximum Gasteiger partial charge on any atom is 0.407 e. The van der Waals surface area contributed by atoms with Gasteiger partial charge in [-0.05, 0) is 50.9 Å². The van der Waals surface area contributed by atoms with E-state index in [4.69, 9.17) is 10.5 Å². The lowest BCUT2D eigenvalue weighted by Gasteiger charge is -2.53. The van der Waals surface area contributed by atoms with Gasteiger partial charge in [-0.25, -0.2) is 4.79 Å². The molecule has 13 heteroatoms. The zero-order valence-corrected chi connectivity index (χ0v) is 25.9. The number of carbonyl (C=O) groups excluding carboxylic acids is 4. The number of carbonyl (C=O) groups is 4. The summed E-state index contributed by atoms with van der Waals surface area (Å²) in [6.45, 7) is 2.20. The van der Waals surface area contributed by atoms with Gasteiger partial charge in [-0.2, -0.15) is 0 Å². The Morgan fingerprint density at radius 1 is 1.14 bits per heavy atom. The number of ketones is 2. The third-order valence-corrected chi connectivity index (χ3v) is 9.28. The van der Waals surface area contributed by atoms with Gasteiger partial charge in [0.2, 0.25) is 11.7 Å². The second kappa shape index (κ2) is 12.7. The number of fused-ring (bicyclic) bond motifs is 3. The highest BCUT2D eigenvalue weighted by atomic mass is 16.5. The molecule has 0 bridgehead atoms. The van der Waals surface area contributed by atoms with E-state index in [0.717, 1.165) is 25.7 Å². The minimum Gasteiger partial charge on any atom is -0.507 e. The molecule has 0 aromatic heterocycles. The summed E-state index contributed by atoms with van der Waals surface area (Å²) in [7, 11) is 6.76. The van der Waals surface area contributed by atoms with E-state index >= 15 is 0 Å². The molecule has 1 aromatic rings. The highest BCUT2D eigenvalue weighted by molar-refractivity contribution is 6.25. The van der Waals surface area contributed by atoms with Crippen LogP contribution in [0, 0.1) is 17.8 Å². The molecule has 2 amide bonds. The van der Waals surface area contributed by atoms with E-state index in [1.54, 1.807) is 44.1 Å². The van der Waals surface area contributed by atoms with Crippen molar-refractivity contribution >= 4 is 35.0 Å². The molecular weight excluding hydrogens is 572 g/mol. The average Bonchev–Trinajstić information content (AvgIpc) is 2.93.